The van der Waals surface area contributed by atoms with E-state index >= 15 is 0 Å². The molecule has 0 spiro atoms. The van der Waals surface area contributed by atoms with Crippen LogP contribution in [-0.2, 0) is 20.9 Å². The molecule has 209 valence electrons. The number of benzene rings is 2. The van der Waals surface area contributed by atoms with Crippen molar-refractivity contribution in [2.24, 2.45) is 5.92 Å². The zero-order valence-electron chi connectivity index (χ0n) is 24.1. The average molecular weight is 738 g/mol. The molecule has 1 saturated carbocycles. The van der Waals surface area contributed by atoms with Crippen LogP contribution in [0.2, 0.25) is 0 Å². The van der Waals surface area contributed by atoms with Crippen molar-refractivity contribution in [1.29, 1.82) is 0 Å². The number of hydrogen-bond donors (Lipinski definition) is 1. The Labute approximate surface area is 254 Å². The van der Waals surface area contributed by atoms with Crippen molar-refractivity contribution in [1.82, 2.24) is 3.30 Å². The summed E-state index contributed by atoms with van der Waals surface area (Å²) in [5.41, 5.74) is 4.85. The first-order valence-electron chi connectivity index (χ1n) is 14.7. The van der Waals surface area contributed by atoms with Gasteiger partial charge in [-0.3, -0.25) is 0 Å². The van der Waals surface area contributed by atoms with E-state index in [9.17, 15) is 0 Å². The van der Waals surface area contributed by atoms with Gasteiger partial charge >= 0.3 is 232 Å². The van der Waals surface area contributed by atoms with Crippen molar-refractivity contribution < 1.29 is 20.9 Å². The molecule has 1 unspecified atom stereocenters. The molecule has 5 heteroatoms. The Morgan fingerprint density at radius 1 is 0.632 bits per heavy atom. The van der Waals surface area contributed by atoms with Crippen LogP contribution in [-0.4, -0.2) is 12.0 Å². The summed E-state index contributed by atoms with van der Waals surface area (Å²) in [5.74, 6) is -0.747. The van der Waals surface area contributed by atoms with E-state index in [1.54, 1.807) is 27.1 Å². The van der Waals surface area contributed by atoms with Crippen LogP contribution in [0.4, 0.5) is 0 Å². The number of rotatable bonds is 6. The molecule has 0 heterocycles. The van der Waals surface area contributed by atoms with Crippen molar-refractivity contribution >= 4 is 41.2 Å². The molecule has 0 aliphatic heterocycles. The van der Waals surface area contributed by atoms with Gasteiger partial charge in [0.2, 0.25) is 0 Å². The third-order valence-corrected chi connectivity index (χ3v) is 36.5. The fourth-order valence-electron chi connectivity index (χ4n) is 6.46. The minimum absolute atomic E-state index is 0. The maximum Gasteiger partial charge on any atom is -0.147 e. The molecule has 2 aromatic rings. The van der Waals surface area contributed by atoms with Crippen molar-refractivity contribution in [3.05, 3.63) is 80.7 Å². The summed E-state index contributed by atoms with van der Waals surface area (Å²) >= 11 is -2.50. The summed E-state index contributed by atoms with van der Waals surface area (Å²) in [6, 6.07) is 24.1. The van der Waals surface area contributed by atoms with E-state index in [1.165, 1.54) is 70.6 Å². The van der Waals surface area contributed by atoms with Gasteiger partial charge < -0.3 is 0 Å². The Balaban J connectivity index is 0.00000253. The molecule has 1 fully saturated rings. The summed E-state index contributed by atoms with van der Waals surface area (Å²) < 4.78 is 6.53. The molecule has 1 atom stereocenters. The van der Waals surface area contributed by atoms with E-state index in [4.69, 9.17) is 0 Å². The maximum atomic E-state index is 4.64. The van der Waals surface area contributed by atoms with E-state index in [-0.39, 0.29) is 24.8 Å². The third kappa shape index (κ3) is 8.77. The van der Waals surface area contributed by atoms with Gasteiger partial charge in [-0.15, -0.1) is 24.8 Å². The predicted molar refractivity (Wildman–Crippen MR) is 172 cm³/mol. The number of allylic oxidation sites excluding steroid dienone is 4. The summed E-state index contributed by atoms with van der Waals surface area (Å²) in [5, 5.41) is 3.31. The van der Waals surface area contributed by atoms with E-state index in [1.807, 2.05) is 3.33 Å². The molecule has 1 N–H and O–H groups in total. The van der Waals surface area contributed by atoms with Crippen molar-refractivity contribution in [3.8, 4) is 0 Å². The molecule has 0 aromatic heterocycles. The summed E-state index contributed by atoms with van der Waals surface area (Å²) in [6.07, 6.45) is 15.7. The molecule has 0 amide bonds. The van der Waals surface area contributed by atoms with Crippen LogP contribution >= 0.6 is 24.8 Å². The fraction of sp³-hybridized carbons (Fsp3) is 0.515. The number of hydrogen-bond acceptors (Lipinski definition) is 1. The van der Waals surface area contributed by atoms with E-state index < -0.39 is 26.9 Å². The minimum atomic E-state index is -2.50. The van der Waals surface area contributed by atoms with Crippen LogP contribution in [0.1, 0.15) is 98.3 Å². The van der Waals surface area contributed by atoms with Gasteiger partial charge in [0, 0.05) is 0 Å². The first kappa shape index (κ1) is 33.8. The topological polar surface area (TPSA) is 12.0 Å². The van der Waals surface area contributed by atoms with Gasteiger partial charge in [0.1, 0.15) is 0 Å². The van der Waals surface area contributed by atoms with Crippen molar-refractivity contribution in [2.45, 2.75) is 104 Å². The van der Waals surface area contributed by atoms with Crippen LogP contribution in [0.5, 0.6) is 0 Å². The van der Waals surface area contributed by atoms with Crippen molar-refractivity contribution in [2.75, 3.05) is 0 Å². The van der Waals surface area contributed by atoms with Crippen LogP contribution in [0.3, 0.4) is 0 Å². The third-order valence-electron chi connectivity index (χ3n) is 8.95. The first-order valence-corrected chi connectivity index (χ1v) is 26.2. The Hall–Kier alpha value is -0.453. The maximum absolute atomic E-state index is 4.64. The first-order chi connectivity index (χ1) is 17.6. The average Bonchev–Trinajstić information content (AvgIpc) is 3.08. The molecule has 1 nitrogen and oxygen atoms in total. The summed E-state index contributed by atoms with van der Waals surface area (Å²) in [7, 11) is 0. The van der Waals surface area contributed by atoms with Crippen LogP contribution in [0.25, 0.3) is 0 Å². The van der Waals surface area contributed by atoms with E-state index in [0.29, 0.717) is 12.0 Å². The molecular formula is C33H50Cl2HfNSi. The smallest absolute Gasteiger partial charge is 0.147 e. The van der Waals surface area contributed by atoms with Crippen LogP contribution < -0.4 is 13.7 Å². The number of nitrogens with one attached hydrogen (secondary N) is 1. The molecule has 38 heavy (non-hydrogen) atoms. The predicted octanol–water partition coefficient (Wildman–Crippen LogP) is 8.42. The van der Waals surface area contributed by atoms with Gasteiger partial charge in [0.05, 0.1) is 0 Å². The van der Waals surface area contributed by atoms with Gasteiger partial charge in [-0.2, -0.15) is 0 Å². The van der Waals surface area contributed by atoms with Gasteiger partial charge in [-0.05, 0) is 0 Å². The summed E-state index contributed by atoms with van der Waals surface area (Å²) in [4.78, 5) is 0. The Kier molecular flexibility index (Phi) is 15.4. The quantitative estimate of drug-likeness (QED) is 0.294. The molecule has 2 aromatic carbocycles. The minimum Gasteiger partial charge on any atom is -0.147 e. The van der Waals surface area contributed by atoms with Gasteiger partial charge in [0.15, 0.2) is 0 Å². The summed E-state index contributed by atoms with van der Waals surface area (Å²) in [6.45, 7) is 9.75. The molecule has 2 aliphatic carbocycles. The zero-order chi connectivity index (χ0) is 25.3. The second kappa shape index (κ2) is 17.4. The van der Waals surface area contributed by atoms with Gasteiger partial charge in [-0.1, -0.05) is 0 Å². The molecule has 2 aliphatic rings. The second-order valence-electron chi connectivity index (χ2n) is 11.3. The van der Waals surface area contributed by atoms with Crippen LogP contribution in [0.15, 0.2) is 80.7 Å². The van der Waals surface area contributed by atoms with Gasteiger partial charge in [0.25, 0.3) is 0 Å². The van der Waals surface area contributed by atoms with Crippen molar-refractivity contribution in [3.63, 3.8) is 0 Å². The van der Waals surface area contributed by atoms with E-state index in [0.717, 1.165) is 0 Å². The normalized spacial score (nSPS) is 19.9. The molecule has 0 bridgehead atoms. The standard InChI is InChI=1S/C12H24N.C12H11Si.C9H13.2ClH.Hf/c13-12-10-8-6-4-2-1-3-5-7-9-11-12;1-3-7-11(8-4-1)13-12-9-5-2-6-10-12;1-6-5-7(2)9(4)8(6)3;;;/h12-13H,1-11H2;1-10,13H;6H,1-4H3;2*1H;/q-1;;;;;+1. The monoisotopic (exact) mass is 738 g/mol. The fourth-order valence-corrected chi connectivity index (χ4v) is 39.2. The molecule has 0 saturated heterocycles. The van der Waals surface area contributed by atoms with Gasteiger partial charge in [-0.25, -0.2) is 0 Å². The Morgan fingerprint density at radius 2 is 1.05 bits per heavy atom. The largest absolute Gasteiger partial charge is 0.147 e. The molecule has 4 rings (SSSR count). The Morgan fingerprint density at radius 3 is 1.45 bits per heavy atom. The SMILES string of the molecule is CC1=C(C)C(C)[C]([Hf]([NH]C2CCCCCCCCCCC2)[SiH](c2ccccc2)c2ccccc2)=C1C.Cl.Cl. The molecule has 0 radical (unpaired) electrons. The Bertz CT molecular complexity index is 972. The van der Waals surface area contributed by atoms with E-state index in [2.05, 4.69) is 91.7 Å². The second-order valence-corrected chi connectivity index (χ2v) is 30.4. The molecular weight excluding hydrogens is 688 g/mol. The zero-order valence-corrected chi connectivity index (χ0v) is 30.5. The van der Waals surface area contributed by atoms with Crippen LogP contribution in [0, 0.1) is 5.92 Å². The number of halogens is 2.